The van der Waals surface area contributed by atoms with Gasteiger partial charge in [-0.05, 0) is 54.3 Å². The van der Waals surface area contributed by atoms with Crippen LogP contribution in [0.5, 0.6) is 0 Å². The van der Waals surface area contributed by atoms with Crippen molar-refractivity contribution >= 4 is 34.2 Å². The van der Waals surface area contributed by atoms with Gasteiger partial charge < -0.3 is 14.8 Å². The summed E-state index contributed by atoms with van der Waals surface area (Å²) in [6.07, 6.45) is 5.04. The molecule has 2 heterocycles. The summed E-state index contributed by atoms with van der Waals surface area (Å²) < 4.78 is 2.86. The van der Waals surface area contributed by atoms with Crippen LogP contribution in [0.25, 0.3) is 0 Å². The fourth-order valence-electron chi connectivity index (χ4n) is 2.69. The minimum atomic E-state index is 0. The molecule has 6 heteroatoms. The third-order valence-corrected chi connectivity index (χ3v) is 4.10. The summed E-state index contributed by atoms with van der Waals surface area (Å²) in [4.78, 5) is 14.8. The summed E-state index contributed by atoms with van der Waals surface area (Å²) in [5, 5.41) is 3.36. The summed E-state index contributed by atoms with van der Waals surface area (Å²) in [5.74, 6) is 0.155. The van der Waals surface area contributed by atoms with Crippen molar-refractivity contribution in [3.05, 3.63) is 22.4 Å². The number of hydrogen-bond donors (Lipinski definition) is 1. The quantitative estimate of drug-likeness (QED) is 0.892. The largest absolute Gasteiger partial charge is 0.345 e. The Labute approximate surface area is 135 Å². The Balaban J connectivity index is 0.00000200. The molecule has 1 aromatic rings. The van der Waals surface area contributed by atoms with Crippen molar-refractivity contribution < 1.29 is 4.79 Å². The van der Waals surface area contributed by atoms with Crippen molar-refractivity contribution in [3.8, 4) is 0 Å². The van der Waals surface area contributed by atoms with E-state index < -0.39 is 0 Å². The van der Waals surface area contributed by atoms with Gasteiger partial charge in [-0.1, -0.05) is 6.92 Å². The second-order valence-electron chi connectivity index (χ2n) is 5.13. The maximum Gasteiger partial charge on any atom is 0.270 e. The van der Waals surface area contributed by atoms with Gasteiger partial charge in [0.1, 0.15) is 5.69 Å². The Morgan fingerprint density at radius 3 is 2.65 bits per heavy atom. The van der Waals surface area contributed by atoms with Gasteiger partial charge in [0.05, 0.1) is 0 Å². The molecule has 0 atom stereocenters. The zero-order chi connectivity index (χ0) is 13.8. The topological polar surface area (TPSA) is 37.3 Å². The summed E-state index contributed by atoms with van der Waals surface area (Å²) in [7, 11) is 1.92. The van der Waals surface area contributed by atoms with Gasteiger partial charge in [-0.15, -0.1) is 12.4 Å². The molecule has 1 aliphatic rings. The molecule has 114 valence electrons. The van der Waals surface area contributed by atoms with Crippen molar-refractivity contribution in [2.45, 2.75) is 32.2 Å². The fourth-order valence-corrected chi connectivity index (χ4v) is 3.22. The standard InChI is InChI=1S/C14H22BrN3O.ClH/c1-3-8-18(12-4-6-16-7-5-12)14(19)13-9-11(15)10-17(13)2;/h9-10,12,16H,3-8H2,1-2H3;1H. The molecule has 1 saturated heterocycles. The molecule has 1 aromatic heterocycles. The number of piperidine rings is 1. The number of rotatable bonds is 4. The zero-order valence-electron chi connectivity index (χ0n) is 12.1. The molecule has 0 unspecified atom stereocenters. The molecule has 20 heavy (non-hydrogen) atoms. The Kier molecular flexibility index (Phi) is 7.06. The average Bonchev–Trinajstić information content (AvgIpc) is 2.75. The van der Waals surface area contributed by atoms with Gasteiger partial charge in [-0.3, -0.25) is 4.79 Å². The minimum absolute atomic E-state index is 0. The Morgan fingerprint density at radius 1 is 1.50 bits per heavy atom. The predicted molar refractivity (Wildman–Crippen MR) is 87.6 cm³/mol. The van der Waals surface area contributed by atoms with Crippen LogP contribution < -0.4 is 5.32 Å². The summed E-state index contributed by atoms with van der Waals surface area (Å²) in [6.45, 7) is 4.98. The van der Waals surface area contributed by atoms with E-state index >= 15 is 0 Å². The van der Waals surface area contributed by atoms with Gasteiger partial charge in [0, 0.05) is 30.3 Å². The van der Waals surface area contributed by atoms with Crippen molar-refractivity contribution in [3.63, 3.8) is 0 Å². The first kappa shape index (κ1) is 17.5. The lowest BCUT2D eigenvalue weighted by atomic mass is 10.0. The zero-order valence-corrected chi connectivity index (χ0v) is 14.5. The van der Waals surface area contributed by atoms with E-state index in [0.29, 0.717) is 6.04 Å². The number of aryl methyl sites for hydroxylation is 1. The van der Waals surface area contributed by atoms with Crippen molar-refractivity contribution in [1.29, 1.82) is 0 Å². The SMILES string of the molecule is CCCN(C(=O)c1cc(Br)cn1C)C1CCNCC1.Cl. The van der Waals surface area contributed by atoms with E-state index in [2.05, 4.69) is 33.1 Å². The molecule has 1 aliphatic heterocycles. The Hall–Kier alpha value is -0.520. The highest BCUT2D eigenvalue weighted by atomic mass is 79.9. The van der Waals surface area contributed by atoms with Crippen LogP contribution in [0.15, 0.2) is 16.7 Å². The highest BCUT2D eigenvalue weighted by Gasteiger charge is 2.26. The number of nitrogens with one attached hydrogen (secondary N) is 1. The first-order valence-electron chi connectivity index (χ1n) is 6.97. The van der Waals surface area contributed by atoms with Crippen LogP contribution in [0.4, 0.5) is 0 Å². The number of halogens is 2. The molecule has 1 N–H and O–H groups in total. The summed E-state index contributed by atoms with van der Waals surface area (Å²) in [5.41, 5.74) is 0.763. The lowest BCUT2D eigenvalue weighted by Gasteiger charge is -2.34. The smallest absolute Gasteiger partial charge is 0.270 e. The molecule has 0 bridgehead atoms. The van der Waals surface area contributed by atoms with Crippen LogP contribution in [0, 0.1) is 0 Å². The second-order valence-corrected chi connectivity index (χ2v) is 6.05. The third kappa shape index (κ3) is 3.99. The molecule has 1 fully saturated rings. The van der Waals surface area contributed by atoms with Crippen molar-refractivity contribution in [2.24, 2.45) is 7.05 Å². The van der Waals surface area contributed by atoms with E-state index in [0.717, 1.165) is 49.1 Å². The van der Waals surface area contributed by atoms with Crippen LogP contribution in [-0.4, -0.2) is 41.1 Å². The molecule has 0 spiro atoms. The average molecular weight is 365 g/mol. The number of amides is 1. The lowest BCUT2D eigenvalue weighted by Crippen LogP contribution is -2.46. The van der Waals surface area contributed by atoms with E-state index in [1.165, 1.54) is 0 Å². The predicted octanol–water partition coefficient (Wildman–Crippen LogP) is 2.81. The first-order chi connectivity index (χ1) is 9.13. The maximum absolute atomic E-state index is 12.7. The maximum atomic E-state index is 12.7. The normalized spacial score (nSPS) is 15.8. The molecule has 0 radical (unpaired) electrons. The molecule has 0 saturated carbocycles. The number of carbonyl (C=O) groups is 1. The number of aromatic nitrogens is 1. The van der Waals surface area contributed by atoms with E-state index in [1.807, 2.05) is 23.9 Å². The van der Waals surface area contributed by atoms with Gasteiger partial charge in [0.25, 0.3) is 5.91 Å². The van der Waals surface area contributed by atoms with Gasteiger partial charge in [-0.2, -0.15) is 0 Å². The fraction of sp³-hybridized carbons (Fsp3) is 0.643. The van der Waals surface area contributed by atoms with E-state index in [4.69, 9.17) is 0 Å². The third-order valence-electron chi connectivity index (χ3n) is 3.67. The highest BCUT2D eigenvalue weighted by Crippen LogP contribution is 2.19. The van der Waals surface area contributed by atoms with E-state index in [-0.39, 0.29) is 18.3 Å². The molecular weight excluding hydrogens is 342 g/mol. The number of nitrogens with zero attached hydrogens (tertiary/aromatic N) is 2. The molecule has 0 aliphatic carbocycles. The van der Waals surface area contributed by atoms with Gasteiger partial charge in [-0.25, -0.2) is 0 Å². The molecule has 0 aromatic carbocycles. The van der Waals surface area contributed by atoms with E-state index in [9.17, 15) is 4.79 Å². The van der Waals surface area contributed by atoms with Crippen LogP contribution in [0.2, 0.25) is 0 Å². The number of hydrogen-bond acceptors (Lipinski definition) is 2. The number of carbonyl (C=O) groups excluding carboxylic acids is 1. The molecule has 2 rings (SSSR count). The highest BCUT2D eigenvalue weighted by molar-refractivity contribution is 9.10. The van der Waals surface area contributed by atoms with Gasteiger partial charge in [0.15, 0.2) is 0 Å². The van der Waals surface area contributed by atoms with Crippen molar-refractivity contribution in [2.75, 3.05) is 19.6 Å². The van der Waals surface area contributed by atoms with Gasteiger partial charge >= 0.3 is 0 Å². The summed E-state index contributed by atoms with van der Waals surface area (Å²) in [6, 6.07) is 2.29. The van der Waals surface area contributed by atoms with Crippen LogP contribution in [0.1, 0.15) is 36.7 Å². The lowest BCUT2D eigenvalue weighted by molar-refractivity contribution is 0.0633. The van der Waals surface area contributed by atoms with Crippen LogP contribution >= 0.6 is 28.3 Å². The monoisotopic (exact) mass is 363 g/mol. The van der Waals surface area contributed by atoms with Crippen LogP contribution in [0.3, 0.4) is 0 Å². The Morgan fingerprint density at radius 2 is 2.15 bits per heavy atom. The van der Waals surface area contributed by atoms with E-state index in [1.54, 1.807) is 0 Å². The molecular formula is C14H23BrClN3O. The minimum Gasteiger partial charge on any atom is -0.345 e. The molecule has 4 nitrogen and oxygen atoms in total. The Bertz CT molecular complexity index is 444. The van der Waals surface area contributed by atoms with Gasteiger partial charge in [0.2, 0.25) is 0 Å². The molecule has 1 amide bonds. The van der Waals surface area contributed by atoms with Crippen LogP contribution in [-0.2, 0) is 7.05 Å². The summed E-state index contributed by atoms with van der Waals surface area (Å²) >= 11 is 3.43. The second kappa shape index (κ2) is 8.05. The van der Waals surface area contributed by atoms with Crippen molar-refractivity contribution in [1.82, 2.24) is 14.8 Å². The first-order valence-corrected chi connectivity index (χ1v) is 7.76.